The van der Waals surface area contributed by atoms with Crippen molar-refractivity contribution in [3.8, 4) is 0 Å². The number of hydrogen-bond donors (Lipinski definition) is 0. The second-order valence-electron chi connectivity index (χ2n) is 4.70. The number of hydrogen-bond acceptors (Lipinski definition) is 2. The Morgan fingerprint density at radius 2 is 2.35 bits per heavy atom. The summed E-state index contributed by atoms with van der Waals surface area (Å²) in [7, 11) is 1.92. The molecule has 1 atom stereocenters. The van der Waals surface area contributed by atoms with Crippen LogP contribution in [-0.4, -0.2) is 17.9 Å². The Labute approximate surface area is 107 Å². The van der Waals surface area contributed by atoms with E-state index in [9.17, 15) is 4.79 Å². The zero-order chi connectivity index (χ0) is 12.3. The van der Waals surface area contributed by atoms with Gasteiger partial charge in [0.05, 0.1) is 6.54 Å². The second-order valence-corrected chi connectivity index (χ2v) is 5.70. The molecule has 0 saturated heterocycles. The number of aryl methyl sites for hydroxylation is 1. The molecular formula is C14H19NOS. The van der Waals surface area contributed by atoms with Crippen LogP contribution >= 0.6 is 11.3 Å². The Morgan fingerprint density at radius 3 is 2.94 bits per heavy atom. The highest BCUT2D eigenvalue weighted by Gasteiger charge is 2.22. The van der Waals surface area contributed by atoms with Crippen molar-refractivity contribution in [2.45, 2.75) is 32.7 Å². The number of rotatable bonds is 3. The van der Waals surface area contributed by atoms with Gasteiger partial charge in [0.1, 0.15) is 0 Å². The first-order valence-corrected chi connectivity index (χ1v) is 6.99. The SMILES string of the molecule is Cc1ccsc1CN(C)C(=O)C1CC=CCC1. The van der Waals surface area contributed by atoms with Gasteiger partial charge in [0.25, 0.3) is 0 Å². The summed E-state index contributed by atoms with van der Waals surface area (Å²) in [6.45, 7) is 2.86. The van der Waals surface area contributed by atoms with Crippen molar-refractivity contribution in [3.63, 3.8) is 0 Å². The summed E-state index contributed by atoms with van der Waals surface area (Å²) in [5.74, 6) is 0.493. The van der Waals surface area contributed by atoms with E-state index >= 15 is 0 Å². The maximum atomic E-state index is 12.2. The van der Waals surface area contributed by atoms with Gasteiger partial charge in [-0.3, -0.25) is 4.79 Å². The Balaban J connectivity index is 1.95. The summed E-state index contributed by atoms with van der Waals surface area (Å²) < 4.78 is 0. The lowest BCUT2D eigenvalue weighted by atomic mass is 9.93. The number of carbonyl (C=O) groups excluding carboxylic acids is 1. The number of nitrogens with zero attached hydrogens (tertiary/aromatic N) is 1. The topological polar surface area (TPSA) is 20.3 Å². The van der Waals surface area contributed by atoms with Gasteiger partial charge in [0.2, 0.25) is 5.91 Å². The third kappa shape index (κ3) is 2.97. The van der Waals surface area contributed by atoms with Gasteiger partial charge < -0.3 is 4.90 Å². The van der Waals surface area contributed by atoms with Crippen molar-refractivity contribution < 1.29 is 4.79 Å². The summed E-state index contributed by atoms with van der Waals surface area (Å²) in [6, 6.07) is 2.11. The fourth-order valence-corrected chi connectivity index (χ4v) is 3.15. The molecule has 1 aromatic heterocycles. The van der Waals surface area contributed by atoms with E-state index in [2.05, 4.69) is 30.5 Å². The van der Waals surface area contributed by atoms with Crippen LogP contribution in [0.2, 0.25) is 0 Å². The smallest absolute Gasteiger partial charge is 0.226 e. The van der Waals surface area contributed by atoms with Crippen LogP contribution in [0, 0.1) is 12.8 Å². The molecular weight excluding hydrogens is 230 g/mol. The molecule has 0 radical (unpaired) electrons. The van der Waals surface area contributed by atoms with Crippen molar-refractivity contribution >= 4 is 17.2 Å². The molecule has 2 rings (SSSR count). The molecule has 0 aromatic carbocycles. The Bertz CT molecular complexity index is 422. The average molecular weight is 249 g/mol. The van der Waals surface area contributed by atoms with Crippen LogP contribution in [-0.2, 0) is 11.3 Å². The Hall–Kier alpha value is -1.09. The molecule has 1 amide bonds. The molecule has 2 nitrogen and oxygen atoms in total. The first-order valence-electron chi connectivity index (χ1n) is 6.11. The molecule has 0 bridgehead atoms. The van der Waals surface area contributed by atoms with Crippen LogP contribution in [0.3, 0.4) is 0 Å². The van der Waals surface area contributed by atoms with E-state index < -0.39 is 0 Å². The van der Waals surface area contributed by atoms with E-state index in [-0.39, 0.29) is 5.92 Å². The van der Waals surface area contributed by atoms with Crippen LogP contribution < -0.4 is 0 Å². The number of carbonyl (C=O) groups is 1. The molecule has 1 unspecified atom stereocenters. The van der Waals surface area contributed by atoms with Gasteiger partial charge >= 0.3 is 0 Å². The van der Waals surface area contributed by atoms with Crippen molar-refractivity contribution in [1.82, 2.24) is 4.90 Å². The summed E-state index contributed by atoms with van der Waals surface area (Å²) in [5, 5.41) is 2.09. The molecule has 0 aliphatic heterocycles. The van der Waals surface area contributed by atoms with E-state index in [1.807, 2.05) is 11.9 Å². The number of amides is 1. The third-order valence-electron chi connectivity index (χ3n) is 3.34. The molecule has 0 spiro atoms. The minimum Gasteiger partial charge on any atom is -0.340 e. The molecule has 0 fully saturated rings. The first kappa shape index (κ1) is 12.4. The number of allylic oxidation sites excluding steroid dienone is 2. The van der Waals surface area contributed by atoms with Gasteiger partial charge in [-0.2, -0.15) is 0 Å². The van der Waals surface area contributed by atoms with Gasteiger partial charge in [-0.25, -0.2) is 0 Å². The van der Waals surface area contributed by atoms with Crippen LogP contribution in [0.25, 0.3) is 0 Å². The number of thiophene rings is 1. The molecule has 1 heterocycles. The summed E-state index contributed by atoms with van der Waals surface area (Å²) in [6.07, 6.45) is 7.27. The fourth-order valence-electron chi connectivity index (χ4n) is 2.19. The van der Waals surface area contributed by atoms with Gasteiger partial charge in [-0.05, 0) is 43.2 Å². The van der Waals surface area contributed by atoms with E-state index in [1.165, 1.54) is 10.4 Å². The maximum Gasteiger partial charge on any atom is 0.226 e. The van der Waals surface area contributed by atoms with Crippen molar-refractivity contribution in [1.29, 1.82) is 0 Å². The lowest BCUT2D eigenvalue weighted by Crippen LogP contribution is -2.32. The second kappa shape index (κ2) is 5.50. The predicted molar refractivity (Wildman–Crippen MR) is 72.0 cm³/mol. The van der Waals surface area contributed by atoms with Crippen LogP contribution in [0.5, 0.6) is 0 Å². The lowest BCUT2D eigenvalue weighted by Gasteiger charge is -2.24. The maximum absolute atomic E-state index is 12.2. The standard InChI is InChI=1S/C14H19NOS/c1-11-8-9-17-13(11)10-15(2)14(16)12-6-4-3-5-7-12/h3-4,8-9,12H,5-7,10H2,1-2H3. The van der Waals surface area contributed by atoms with Crippen molar-refractivity contribution in [2.75, 3.05) is 7.05 Å². The summed E-state index contributed by atoms with van der Waals surface area (Å²) in [4.78, 5) is 15.4. The quantitative estimate of drug-likeness (QED) is 0.752. The zero-order valence-corrected chi connectivity index (χ0v) is 11.3. The Morgan fingerprint density at radius 1 is 1.53 bits per heavy atom. The third-order valence-corrected chi connectivity index (χ3v) is 4.35. The van der Waals surface area contributed by atoms with E-state index in [0.29, 0.717) is 5.91 Å². The van der Waals surface area contributed by atoms with Gasteiger partial charge in [0, 0.05) is 17.8 Å². The fraction of sp³-hybridized carbons (Fsp3) is 0.500. The van der Waals surface area contributed by atoms with E-state index in [4.69, 9.17) is 0 Å². The van der Waals surface area contributed by atoms with Gasteiger partial charge in [-0.15, -0.1) is 11.3 Å². The lowest BCUT2D eigenvalue weighted by molar-refractivity contribution is -0.134. The minimum absolute atomic E-state index is 0.199. The molecule has 3 heteroatoms. The van der Waals surface area contributed by atoms with Crippen molar-refractivity contribution in [3.05, 3.63) is 34.0 Å². The molecule has 92 valence electrons. The molecule has 1 aromatic rings. The predicted octanol–water partition coefficient (Wildman–Crippen LogP) is 3.37. The first-order chi connectivity index (χ1) is 8.18. The molecule has 0 saturated carbocycles. The minimum atomic E-state index is 0.199. The molecule has 0 N–H and O–H groups in total. The average Bonchev–Trinajstić information content (AvgIpc) is 2.75. The summed E-state index contributed by atoms with van der Waals surface area (Å²) >= 11 is 1.73. The zero-order valence-electron chi connectivity index (χ0n) is 10.5. The van der Waals surface area contributed by atoms with E-state index in [1.54, 1.807) is 11.3 Å². The van der Waals surface area contributed by atoms with E-state index in [0.717, 1.165) is 25.8 Å². The monoisotopic (exact) mass is 249 g/mol. The van der Waals surface area contributed by atoms with Crippen LogP contribution in [0.15, 0.2) is 23.6 Å². The largest absolute Gasteiger partial charge is 0.340 e. The molecule has 1 aliphatic carbocycles. The van der Waals surface area contributed by atoms with Gasteiger partial charge in [-0.1, -0.05) is 12.2 Å². The molecule has 1 aliphatic rings. The summed E-state index contributed by atoms with van der Waals surface area (Å²) in [5.41, 5.74) is 1.29. The van der Waals surface area contributed by atoms with Crippen LogP contribution in [0.1, 0.15) is 29.7 Å². The highest BCUT2D eigenvalue weighted by atomic mass is 32.1. The van der Waals surface area contributed by atoms with Crippen LogP contribution in [0.4, 0.5) is 0 Å². The highest BCUT2D eigenvalue weighted by Crippen LogP contribution is 2.22. The molecule has 17 heavy (non-hydrogen) atoms. The van der Waals surface area contributed by atoms with Crippen molar-refractivity contribution in [2.24, 2.45) is 5.92 Å². The highest BCUT2D eigenvalue weighted by molar-refractivity contribution is 7.10. The normalized spacial score (nSPS) is 19.3. The Kier molecular flexibility index (Phi) is 4.00. The van der Waals surface area contributed by atoms with Gasteiger partial charge in [0.15, 0.2) is 0 Å².